The van der Waals surface area contributed by atoms with Crippen molar-refractivity contribution in [1.29, 1.82) is 0 Å². The molecule has 0 bridgehead atoms. The number of carbonyl (C=O) groups is 1. The lowest BCUT2D eigenvalue weighted by Gasteiger charge is -2.49. The first-order valence-electron chi connectivity index (χ1n) is 9.38. The van der Waals surface area contributed by atoms with Gasteiger partial charge < -0.3 is 10.2 Å². The molecule has 28 heavy (non-hydrogen) atoms. The summed E-state index contributed by atoms with van der Waals surface area (Å²) in [5.74, 6) is 0.0298. The van der Waals surface area contributed by atoms with Crippen LogP contribution in [0.3, 0.4) is 0 Å². The third-order valence-electron chi connectivity index (χ3n) is 6.01. The molecule has 0 aromatic heterocycles. The van der Waals surface area contributed by atoms with Crippen LogP contribution in [0.1, 0.15) is 37.0 Å². The third kappa shape index (κ3) is 2.59. The maximum absolute atomic E-state index is 12.4. The van der Waals surface area contributed by atoms with Crippen molar-refractivity contribution < 1.29 is 9.72 Å². The quantitative estimate of drug-likeness (QED) is 0.650. The highest BCUT2D eigenvalue weighted by Gasteiger charge is 2.57. The Labute approximate surface area is 164 Å². The molecular weight excluding hydrogens is 354 g/mol. The van der Waals surface area contributed by atoms with E-state index in [1.54, 1.807) is 12.1 Å². The van der Waals surface area contributed by atoms with Gasteiger partial charge in [-0.3, -0.25) is 14.9 Å². The minimum Gasteiger partial charge on any atom is -0.344 e. The monoisotopic (exact) mass is 377 g/mol. The molecule has 2 heterocycles. The highest BCUT2D eigenvalue weighted by Crippen LogP contribution is 2.52. The lowest BCUT2D eigenvalue weighted by molar-refractivity contribution is -0.384. The minimum atomic E-state index is -0.680. The van der Waals surface area contributed by atoms with Crippen LogP contribution in [0.25, 0.3) is 6.08 Å². The van der Waals surface area contributed by atoms with Gasteiger partial charge in [0.2, 0.25) is 5.91 Å². The fourth-order valence-electron chi connectivity index (χ4n) is 4.39. The highest BCUT2D eigenvalue weighted by atomic mass is 16.6. The molecule has 0 saturated carbocycles. The predicted molar refractivity (Wildman–Crippen MR) is 109 cm³/mol. The Bertz CT molecular complexity index is 995. The lowest BCUT2D eigenvalue weighted by atomic mass is 9.74. The number of aryl methyl sites for hydroxylation is 1. The van der Waals surface area contributed by atoms with Gasteiger partial charge in [0.1, 0.15) is 5.66 Å². The van der Waals surface area contributed by atoms with E-state index in [1.165, 1.54) is 23.3 Å². The summed E-state index contributed by atoms with van der Waals surface area (Å²) in [7, 11) is 0. The van der Waals surface area contributed by atoms with Crippen molar-refractivity contribution in [3.63, 3.8) is 0 Å². The van der Waals surface area contributed by atoms with Crippen LogP contribution in [-0.2, 0) is 10.2 Å². The Balaban J connectivity index is 1.79. The molecule has 6 heteroatoms. The van der Waals surface area contributed by atoms with E-state index in [9.17, 15) is 14.9 Å². The fraction of sp³-hybridized carbons (Fsp3) is 0.318. The molecule has 2 aliphatic heterocycles. The molecule has 2 aromatic rings. The van der Waals surface area contributed by atoms with Gasteiger partial charge >= 0.3 is 0 Å². The Kier molecular flexibility index (Phi) is 4.03. The second-order valence-corrected chi connectivity index (χ2v) is 8.04. The number of carbonyl (C=O) groups excluding carboxylic acids is 1. The molecule has 0 radical (unpaired) electrons. The molecule has 1 unspecified atom stereocenters. The van der Waals surface area contributed by atoms with Crippen LogP contribution in [-0.4, -0.2) is 23.0 Å². The molecule has 144 valence electrons. The van der Waals surface area contributed by atoms with Crippen LogP contribution < -0.4 is 10.2 Å². The molecule has 1 amide bonds. The van der Waals surface area contributed by atoms with Gasteiger partial charge in [-0.15, -0.1) is 0 Å². The highest BCUT2D eigenvalue weighted by molar-refractivity contribution is 5.84. The van der Waals surface area contributed by atoms with E-state index in [4.69, 9.17) is 0 Å². The standard InChI is InChI=1S/C22H23N3O3/c1-15-4-9-19-18(14-15)21(2,3)22(23-20(26)11-13-24(19)22)12-10-16-5-7-17(8-6-16)25(27)28/h4-10,12,14H,11,13H2,1-3H3,(H,23,26). The van der Waals surface area contributed by atoms with E-state index < -0.39 is 10.6 Å². The van der Waals surface area contributed by atoms with Gasteiger partial charge in [-0.25, -0.2) is 0 Å². The second kappa shape index (κ2) is 6.19. The smallest absolute Gasteiger partial charge is 0.269 e. The number of nitro benzene ring substituents is 1. The maximum Gasteiger partial charge on any atom is 0.269 e. The maximum atomic E-state index is 12.4. The Hall–Kier alpha value is -3.15. The van der Waals surface area contributed by atoms with Crippen molar-refractivity contribution in [2.24, 2.45) is 0 Å². The number of anilines is 1. The summed E-state index contributed by atoms with van der Waals surface area (Å²) in [4.78, 5) is 25.1. The molecule has 0 aliphatic carbocycles. The largest absolute Gasteiger partial charge is 0.344 e. The number of fused-ring (bicyclic) bond motifs is 3. The topological polar surface area (TPSA) is 75.5 Å². The van der Waals surface area contributed by atoms with Crippen molar-refractivity contribution in [3.05, 3.63) is 75.3 Å². The van der Waals surface area contributed by atoms with Crippen LogP contribution in [0, 0.1) is 17.0 Å². The minimum absolute atomic E-state index is 0.0298. The summed E-state index contributed by atoms with van der Waals surface area (Å²) in [6.07, 6.45) is 4.42. The summed E-state index contributed by atoms with van der Waals surface area (Å²) in [6.45, 7) is 7.02. The molecule has 1 atom stereocenters. The summed E-state index contributed by atoms with van der Waals surface area (Å²) in [6, 6.07) is 12.9. The van der Waals surface area contributed by atoms with E-state index in [1.807, 2.05) is 12.2 Å². The Morgan fingerprint density at radius 1 is 1.18 bits per heavy atom. The number of rotatable bonds is 3. The van der Waals surface area contributed by atoms with Gasteiger partial charge in [0.05, 0.1) is 4.92 Å². The molecule has 6 nitrogen and oxygen atoms in total. The molecule has 2 aliphatic rings. The average Bonchev–Trinajstić information content (AvgIpc) is 2.84. The third-order valence-corrected chi connectivity index (χ3v) is 6.01. The second-order valence-electron chi connectivity index (χ2n) is 8.04. The van der Waals surface area contributed by atoms with Crippen molar-refractivity contribution in [3.8, 4) is 0 Å². The molecule has 1 N–H and O–H groups in total. The lowest BCUT2D eigenvalue weighted by Crippen LogP contribution is -2.68. The molecule has 2 aromatic carbocycles. The Morgan fingerprint density at radius 2 is 1.89 bits per heavy atom. The average molecular weight is 377 g/mol. The fourth-order valence-corrected chi connectivity index (χ4v) is 4.39. The van der Waals surface area contributed by atoms with Crippen molar-refractivity contribution in [2.45, 2.75) is 38.3 Å². The molecule has 4 rings (SSSR count). The molecular formula is C22H23N3O3. The van der Waals surface area contributed by atoms with Gasteiger partial charge in [-0.2, -0.15) is 0 Å². The number of nitrogens with one attached hydrogen (secondary N) is 1. The van der Waals surface area contributed by atoms with Crippen LogP contribution in [0.2, 0.25) is 0 Å². The molecule has 0 spiro atoms. The number of benzene rings is 2. The summed E-state index contributed by atoms with van der Waals surface area (Å²) >= 11 is 0. The van der Waals surface area contributed by atoms with Crippen molar-refractivity contribution in [1.82, 2.24) is 5.32 Å². The zero-order chi connectivity index (χ0) is 20.1. The van der Waals surface area contributed by atoms with Crippen LogP contribution in [0.15, 0.2) is 48.5 Å². The van der Waals surface area contributed by atoms with Crippen LogP contribution in [0.4, 0.5) is 11.4 Å². The summed E-state index contributed by atoms with van der Waals surface area (Å²) in [5.41, 5.74) is 3.43. The van der Waals surface area contributed by atoms with Gasteiger partial charge in [-0.05, 0) is 42.3 Å². The normalized spacial score (nSPS) is 22.7. The van der Waals surface area contributed by atoms with Gasteiger partial charge in [0.25, 0.3) is 5.69 Å². The number of amides is 1. The summed E-state index contributed by atoms with van der Waals surface area (Å²) in [5, 5.41) is 14.1. The molecule has 1 fully saturated rings. The van der Waals surface area contributed by atoms with Gasteiger partial charge in [0, 0.05) is 36.2 Å². The van der Waals surface area contributed by atoms with E-state index in [2.05, 4.69) is 49.2 Å². The van der Waals surface area contributed by atoms with Crippen molar-refractivity contribution >= 4 is 23.4 Å². The molecule has 1 saturated heterocycles. The number of hydrogen-bond donors (Lipinski definition) is 1. The van der Waals surface area contributed by atoms with Gasteiger partial charge in [0.15, 0.2) is 0 Å². The first-order chi connectivity index (χ1) is 13.2. The number of nitrogens with zero attached hydrogens (tertiary/aromatic N) is 2. The van der Waals surface area contributed by atoms with Crippen LogP contribution >= 0.6 is 0 Å². The Morgan fingerprint density at radius 3 is 2.57 bits per heavy atom. The van der Waals surface area contributed by atoms with E-state index in [-0.39, 0.29) is 17.0 Å². The van der Waals surface area contributed by atoms with Crippen molar-refractivity contribution in [2.75, 3.05) is 11.4 Å². The van der Waals surface area contributed by atoms with E-state index in [0.29, 0.717) is 13.0 Å². The van der Waals surface area contributed by atoms with E-state index in [0.717, 1.165) is 11.3 Å². The zero-order valence-corrected chi connectivity index (χ0v) is 16.2. The number of nitro groups is 1. The first-order valence-corrected chi connectivity index (χ1v) is 9.38. The number of non-ortho nitro benzene ring substituents is 1. The van der Waals surface area contributed by atoms with Gasteiger partial charge in [-0.1, -0.05) is 37.6 Å². The van der Waals surface area contributed by atoms with Crippen LogP contribution in [0.5, 0.6) is 0 Å². The predicted octanol–water partition coefficient (Wildman–Crippen LogP) is 3.93. The first kappa shape index (κ1) is 18.2. The number of hydrogen-bond acceptors (Lipinski definition) is 4. The van der Waals surface area contributed by atoms with E-state index >= 15 is 0 Å². The SMILES string of the molecule is Cc1ccc2c(c1)C(C)(C)C1(C=Cc3ccc([N+](=O)[O-])cc3)NC(=O)CCN21. The summed E-state index contributed by atoms with van der Waals surface area (Å²) < 4.78 is 0. The zero-order valence-electron chi connectivity index (χ0n) is 16.2.